The van der Waals surface area contributed by atoms with Crippen LogP contribution in [0, 0.1) is 0 Å². The van der Waals surface area contributed by atoms with Gasteiger partial charge in [-0.05, 0) is 32.4 Å². The molecule has 0 saturated heterocycles. The maximum atomic E-state index is 11.6. The zero-order valence-electron chi connectivity index (χ0n) is 14.1. The summed E-state index contributed by atoms with van der Waals surface area (Å²) in [4.78, 5) is 17.6. The van der Waals surface area contributed by atoms with Gasteiger partial charge in [-0.25, -0.2) is 9.78 Å². The van der Waals surface area contributed by atoms with E-state index in [-0.39, 0.29) is 12.4 Å². The molecule has 4 N–H and O–H groups in total. The summed E-state index contributed by atoms with van der Waals surface area (Å²) in [5, 5.41) is 14.8. The third kappa shape index (κ3) is 8.54. The fraction of sp³-hybridized carbons (Fsp3) is 0.533. The molecule has 0 bridgehead atoms. The van der Waals surface area contributed by atoms with E-state index < -0.39 is 11.7 Å². The van der Waals surface area contributed by atoms with Gasteiger partial charge in [0.2, 0.25) is 0 Å². The first-order valence-electron chi connectivity index (χ1n) is 7.45. The number of halogens is 1. The second-order valence-corrected chi connectivity index (χ2v) is 6.61. The molecule has 0 aromatic carbocycles. The van der Waals surface area contributed by atoms with Crippen LogP contribution in [-0.4, -0.2) is 52.3 Å². The van der Waals surface area contributed by atoms with Crippen molar-refractivity contribution in [1.29, 1.82) is 0 Å². The number of pyridine rings is 1. The number of amides is 1. The average molecular weight is 358 g/mol. The number of nitrogens with two attached hydrogens (primary N) is 1. The monoisotopic (exact) mass is 357 g/mol. The lowest BCUT2D eigenvalue weighted by molar-refractivity contribution is 0.0522. The zero-order chi connectivity index (χ0) is 18.2. The lowest BCUT2D eigenvalue weighted by atomic mass is 10.2. The Morgan fingerprint density at radius 1 is 1.50 bits per heavy atom. The number of aromatic nitrogens is 1. The molecule has 8 nitrogen and oxygen atoms in total. The molecule has 1 amide bonds. The van der Waals surface area contributed by atoms with Crippen molar-refractivity contribution >= 4 is 23.5 Å². The Bertz CT molecular complexity index is 557. The van der Waals surface area contributed by atoms with Gasteiger partial charge in [-0.1, -0.05) is 22.8 Å². The number of carbonyl (C=O) groups excluding carboxylic acids is 1. The molecular weight excluding hydrogens is 334 g/mol. The van der Waals surface area contributed by atoms with Crippen molar-refractivity contribution in [2.75, 3.05) is 19.6 Å². The van der Waals surface area contributed by atoms with Crippen molar-refractivity contribution in [3.05, 3.63) is 29.0 Å². The molecule has 0 unspecified atom stereocenters. The number of hydrogen-bond donors (Lipinski definition) is 3. The van der Waals surface area contributed by atoms with E-state index >= 15 is 0 Å². The minimum absolute atomic E-state index is 0.0780. The lowest BCUT2D eigenvalue weighted by Crippen LogP contribution is -2.40. The lowest BCUT2D eigenvalue weighted by Gasteiger charge is -2.23. The van der Waals surface area contributed by atoms with Crippen molar-refractivity contribution in [2.24, 2.45) is 10.9 Å². The summed E-state index contributed by atoms with van der Waals surface area (Å²) < 4.78 is 5.17. The van der Waals surface area contributed by atoms with Crippen LogP contribution in [-0.2, 0) is 11.3 Å². The molecule has 1 aromatic rings. The van der Waals surface area contributed by atoms with E-state index in [2.05, 4.69) is 15.5 Å². The second kappa shape index (κ2) is 9.29. The number of oxime groups is 1. The maximum absolute atomic E-state index is 11.6. The normalized spacial score (nSPS) is 12.3. The zero-order valence-corrected chi connectivity index (χ0v) is 14.9. The van der Waals surface area contributed by atoms with Gasteiger partial charge < -0.3 is 21.0 Å². The Kier molecular flexibility index (Phi) is 7.73. The number of carbonyl (C=O) groups is 1. The molecule has 1 heterocycles. The molecule has 0 radical (unpaired) electrons. The molecule has 134 valence electrons. The summed E-state index contributed by atoms with van der Waals surface area (Å²) >= 11 is 5.77. The number of amidine groups is 1. The minimum atomic E-state index is -0.549. The molecule has 0 atom stereocenters. The largest absolute Gasteiger partial charge is 0.444 e. The van der Waals surface area contributed by atoms with Crippen LogP contribution in [0.2, 0.25) is 5.15 Å². The molecule has 0 spiro atoms. The minimum Gasteiger partial charge on any atom is -0.444 e. The third-order valence-electron chi connectivity index (χ3n) is 2.81. The molecule has 0 aliphatic rings. The molecule has 0 aliphatic heterocycles. The summed E-state index contributed by atoms with van der Waals surface area (Å²) in [6.07, 6.45) is 1.17. The van der Waals surface area contributed by atoms with Crippen LogP contribution in [0.25, 0.3) is 0 Å². The van der Waals surface area contributed by atoms with E-state index in [1.165, 1.54) is 0 Å². The van der Waals surface area contributed by atoms with E-state index in [0.29, 0.717) is 24.8 Å². The van der Waals surface area contributed by atoms with Crippen molar-refractivity contribution < 1.29 is 14.7 Å². The highest BCUT2D eigenvalue weighted by molar-refractivity contribution is 6.29. The fourth-order valence-corrected chi connectivity index (χ4v) is 1.97. The maximum Gasteiger partial charge on any atom is 0.407 e. The van der Waals surface area contributed by atoms with E-state index in [4.69, 9.17) is 27.3 Å². The van der Waals surface area contributed by atoms with Crippen LogP contribution in [0.5, 0.6) is 0 Å². The Hall–Kier alpha value is -2.06. The number of ether oxygens (including phenoxy) is 1. The van der Waals surface area contributed by atoms with Gasteiger partial charge in [0.15, 0.2) is 5.84 Å². The smallest absolute Gasteiger partial charge is 0.407 e. The molecule has 0 saturated carbocycles. The Morgan fingerprint density at radius 3 is 2.75 bits per heavy atom. The molecule has 0 aliphatic carbocycles. The highest BCUT2D eigenvalue weighted by atomic mass is 35.5. The van der Waals surface area contributed by atoms with Crippen LogP contribution in [0.4, 0.5) is 4.79 Å². The summed E-state index contributed by atoms with van der Waals surface area (Å²) in [5.41, 5.74) is 5.95. The summed E-state index contributed by atoms with van der Waals surface area (Å²) in [7, 11) is 0. The molecular formula is C15H24ClN5O3. The Labute approximate surface area is 146 Å². The van der Waals surface area contributed by atoms with Crippen LogP contribution in [0.1, 0.15) is 26.3 Å². The number of rotatable bonds is 7. The van der Waals surface area contributed by atoms with Gasteiger partial charge in [0, 0.05) is 25.8 Å². The number of nitrogens with zero attached hydrogens (tertiary/aromatic N) is 3. The molecule has 1 aromatic heterocycles. The third-order valence-corrected chi connectivity index (χ3v) is 3.03. The standard InChI is InChI=1S/C15H24ClN5O3/c1-15(2,3)24-14(22)18-6-7-21(10-13(17)20-23)9-11-4-5-12(16)19-8-11/h4-5,8,23H,6-7,9-10H2,1-3H3,(H2,17,20)(H,18,22). The quantitative estimate of drug-likeness (QED) is 0.225. The molecule has 1 rings (SSSR count). The number of alkyl carbamates (subject to hydrolysis) is 1. The van der Waals surface area contributed by atoms with Crippen molar-refractivity contribution in [1.82, 2.24) is 15.2 Å². The fourth-order valence-electron chi connectivity index (χ4n) is 1.86. The van der Waals surface area contributed by atoms with Gasteiger partial charge in [-0.2, -0.15) is 0 Å². The summed E-state index contributed by atoms with van der Waals surface area (Å²) in [5.74, 6) is 0.0780. The van der Waals surface area contributed by atoms with Crippen LogP contribution in [0.15, 0.2) is 23.5 Å². The van der Waals surface area contributed by atoms with Crippen LogP contribution >= 0.6 is 11.6 Å². The second-order valence-electron chi connectivity index (χ2n) is 6.22. The predicted octanol–water partition coefficient (Wildman–Crippen LogP) is 1.81. The van der Waals surface area contributed by atoms with E-state index in [9.17, 15) is 4.79 Å². The van der Waals surface area contributed by atoms with Crippen molar-refractivity contribution in [3.8, 4) is 0 Å². The van der Waals surface area contributed by atoms with Crippen LogP contribution < -0.4 is 11.1 Å². The highest BCUT2D eigenvalue weighted by Gasteiger charge is 2.16. The van der Waals surface area contributed by atoms with E-state index in [1.54, 1.807) is 33.0 Å². The number of nitrogens with one attached hydrogen (secondary N) is 1. The van der Waals surface area contributed by atoms with Gasteiger partial charge in [0.25, 0.3) is 0 Å². The highest BCUT2D eigenvalue weighted by Crippen LogP contribution is 2.08. The summed E-state index contributed by atoms with van der Waals surface area (Å²) in [6.45, 7) is 6.98. The molecule has 24 heavy (non-hydrogen) atoms. The molecule has 9 heteroatoms. The number of hydrogen-bond acceptors (Lipinski definition) is 6. The first-order chi connectivity index (χ1) is 11.2. The SMILES string of the molecule is CC(C)(C)OC(=O)NCCN(C/C(N)=N/O)Cc1ccc(Cl)nc1. The van der Waals surface area contributed by atoms with Crippen molar-refractivity contribution in [3.63, 3.8) is 0 Å². The first-order valence-corrected chi connectivity index (χ1v) is 7.83. The first kappa shape index (κ1) is 20.0. The molecule has 0 fully saturated rings. The Balaban J connectivity index is 2.56. The van der Waals surface area contributed by atoms with Gasteiger partial charge in [0.05, 0.1) is 6.54 Å². The van der Waals surface area contributed by atoms with Crippen molar-refractivity contribution in [2.45, 2.75) is 32.9 Å². The van der Waals surface area contributed by atoms with Gasteiger partial charge in [0.1, 0.15) is 10.8 Å². The van der Waals surface area contributed by atoms with E-state index in [1.807, 2.05) is 11.0 Å². The van der Waals surface area contributed by atoms with Gasteiger partial charge in [-0.3, -0.25) is 4.90 Å². The van der Waals surface area contributed by atoms with Crippen LogP contribution in [0.3, 0.4) is 0 Å². The topological polar surface area (TPSA) is 113 Å². The Morgan fingerprint density at radius 2 is 2.21 bits per heavy atom. The predicted molar refractivity (Wildman–Crippen MR) is 92.2 cm³/mol. The van der Waals surface area contributed by atoms with Gasteiger partial charge in [-0.15, -0.1) is 0 Å². The average Bonchev–Trinajstić information content (AvgIpc) is 2.47. The van der Waals surface area contributed by atoms with Gasteiger partial charge >= 0.3 is 6.09 Å². The summed E-state index contributed by atoms with van der Waals surface area (Å²) in [6, 6.07) is 3.54. The van der Waals surface area contributed by atoms with E-state index in [0.717, 1.165) is 5.56 Å².